The van der Waals surface area contributed by atoms with Gasteiger partial charge in [0.25, 0.3) is 5.89 Å². The van der Waals surface area contributed by atoms with E-state index in [9.17, 15) is 13.2 Å². The molecule has 3 aromatic rings. The topological polar surface area (TPSA) is 112 Å². The van der Waals surface area contributed by atoms with Crippen molar-refractivity contribution in [3.63, 3.8) is 0 Å². The van der Waals surface area contributed by atoms with Crippen LogP contribution in [-0.2, 0) is 21.4 Å². The average molecular weight is 452 g/mol. The van der Waals surface area contributed by atoms with Gasteiger partial charge in [0.2, 0.25) is 15.8 Å². The fraction of sp³-hybridized carbons (Fsp3) is 0.316. The predicted octanol–water partition coefficient (Wildman–Crippen LogP) is 3.19. The molecular weight excluding hydrogens is 430 g/mol. The van der Waals surface area contributed by atoms with Crippen LogP contribution in [0.4, 0.5) is 0 Å². The average Bonchev–Trinajstić information content (AvgIpc) is 3.44. The minimum absolute atomic E-state index is 0.0686. The number of thiophene rings is 1. The fourth-order valence-corrected chi connectivity index (χ4v) is 5.01. The van der Waals surface area contributed by atoms with Crippen LogP contribution in [0.1, 0.15) is 30.1 Å². The SMILES string of the molecule is CCN(CC)S(=O)(=O)c1cc(C(=O)OCc2nc(-c3ccsc3)no2)ccc1OC. The number of ether oxygens (including phenoxy) is 2. The molecule has 0 fully saturated rings. The Bertz CT molecular complexity index is 1110. The number of hydrogen-bond donors (Lipinski definition) is 0. The van der Waals surface area contributed by atoms with Crippen LogP contribution in [0.5, 0.6) is 5.75 Å². The smallest absolute Gasteiger partial charge is 0.338 e. The first-order chi connectivity index (χ1) is 14.4. The molecule has 0 amide bonds. The van der Waals surface area contributed by atoms with Gasteiger partial charge in [0.1, 0.15) is 10.6 Å². The number of carbonyl (C=O) groups is 1. The van der Waals surface area contributed by atoms with Gasteiger partial charge in [0.05, 0.1) is 12.7 Å². The first kappa shape index (κ1) is 21.9. The van der Waals surface area contributed by atoms with Crippen molar-refractivity contribution in [3.8, 4) is 17.1 Å². The maximum Gasteiger partial charge on any atom is 0.338 e. The Balaban J connectivity index is 1.78. The normalized spacial score (nSPS) is 11.6. The van der Waals surface area contributed by atoms with E-state index < -0.39 is 16.0 Å². The maximum atomic E-state index is 12.9. The van der Waals surface area contributed by atoms with Crippen LogP contribution in [0.2, 0.25) is 0 Å². The van der Waals surface area contributed by atoms with Gasteiger partial charge in [-0.1, -0.05) is 19.0 Å². The lowest BCUT2D eigenvalue weighted by Crippen LogP contribution is -2.31. The Kier molecular flexibility index (Phi) is 6.85. The maximum absolute atomic E-state index is 12.9. The Morgan fingerprint density at radius 2 is 2.00 bits per heavy atom. The summed E-state index contributed by atoms with van der Waals surface area (Å²) >= 11 is 1.50. The minimum Gasteiger partial charge on any atom is -0.495 e. The summed E-state index contributed by atoms with van der Waals surface area (Å²) in [6.07, 6.45) is 0. The number of aromatic nitrogens is 2. The molecule has 2 aromatic heterocycles. The zero-order valence-corrected chi connectivity index (χ0v) is 18.3. The van der Waals surface area contributed by atoms with E-state index in [1.54, 1.807) is 13.8 Å². The number of nitrogens with zero attached hydrogens (tertiary/aromatic N) is 3. The molecule has 0 radical (unpaired) electrons. The van der Waals surface area contributed by atoms with E-state index in [-0.39, 0.29) is 28.7 Å². The van der Waals surface area contributed by atoms with Crippen LogP contribution in [0.3, 0.4) is 0 Å². The number of sulfonamides is 1. The lowest BCUT2D eigenvalue weighted by molar-refractivity contribution is 0.0429. The van der Waals surface area contributed by atoms with E-state index in [0.29, 0.717) is 18.9 Å². The number of esters is 1. The molecule has 0 bridgehead atoms. The summed E-state index contributed by atoms with van der Waals surface area (Å²) in [5.41, 5.74) is 0.877. The van der Waals surface area contributed by atoms with Crippen molar-refractivity contribution in [1.29, 1.82) is 0 Å². The van der Waals surface area contributed by atoms with Gasteiger partial charge in [-0.15, -0.1) is 0 Å². The van der Waals surface area contributed by atoms with E-state index in [2.05, 4.69) is 10.1 Å². The van der Waals surface area contributed by atoms with Gasteiger partial charge in [-0.05, 0) is 29.6 Å². The van der Waals surface area contributed by atoms with Gasteiger partial charge in [-0.3, -0.25) is 0 Å². The van der Waals surface area contributed by atoms with Gasteiger partial charge in [-0.2, -0.15) is 20.6 Å². The number of benzene rings is 1. The number of hydrogen-bond acceptors (Lipinski definition) is 9. The molecule has 160 valence electrons. The summed E-state index contributed by atoms with van der Waals surface area (Å²) in [4.78, 5) is 16.6. The van der Waals surface area contributed by atoms with Gasteiger partial charge < -0.3 is 14.0 Å². The van der Waals surface area contributed by atoms with Gasteiger partial charge >= 0.3 is 5.97 Å². The van der Waals surface area contributed by atoms with Crippen LogP contribution in [0.25, 0.3) is 11.4 Å². The number of rotatable bonds is 9. The van der Waals surface area contributed by atoms with Crippen LogP contribution in [-0.4, -0.2) is 49.0 Å². The molecular formula is C19H21N3O6S2. The zero-order valence-electron chi connectivity index (χ0n) is 16.7. The molecule has 0 saturated carbocycles. The number of methoxy groups -OCH3 is 1. The van der Waals surface area contributed by atoms with Crippen molar-refractivity contribution >= 4 is 27.3 Å². The lowest BCUT2D eigenvalue weighted by Gasteiger charge is -2.20. The fourth-order valence-electron chi connectivity index (χ4n) is 2.74. The largest absolute Gasteiger partial charge is 0.495 e. The summed E-state index contributed by atoms with van der Waals surface area (Å²) < 4.78 is 42.6. The van der Waals surface area contributed by atoms with Crippen molar-refractivity contribution in [2.24, 2.45) is 0 Å². The summed E-state index contributed by atoms with van der Waals surface area (Å²) in [7, 11) is -2.46. The molecule has 0 unspecified atom stereocenters. The van der Waals surface area contributed by atoms with Crippen LogP contribution in [0.15, 0.2) is 44.4 Å². The monoisotopic (exact) mass is 451 g/mol. The minimum atomic E-state index is -3.83. The second kappa shape index (κ2) is 9.37. The van der Waals surface area contributed by atoms with Crippen LogP contribution >= 0.6 is 11.3 Å². The van der Waals surface area contributed by atoms with Gasteiger partial charge in [-0.25, -0.2) is 13.2 Å². The predicted molar refractivity (Wildman–Crippen MR) is 110 cm³/mol. The molecule has 0 N–H and O–H groups in total. The summed E-state index contributed by atoms with van der Waals surface area (Å²) in [5.74, 6) is -0.0342. The first-order valence-electron chi connectivity index (χ1n) is 9.11. The Morgan fingerprint density at radius 1 is 1.23 bits per heavy atom. The molecule has 3 rings (SSSR count). The molecule has 9 nitrogen and oxygen atoms in total. The van der Waals surface area contributed by atoms with Crippen LogP contribution in [0, 0.1) is 0 Å². The molecule has 0 spiro atoms. The van der Waals surface area contributed by atoms with Gasteiger partial charge in [0, 0.05) is 24.0 Å². The Morgan fingerprint density at radius 3 is 2.63 bits per heavy atom. The zero-order chi connectivity index (χ0) is 21.7. The standard InChI is InChI=1S/C19H21N3O6S2/c1-4-22(5-2)30(24,25)16-10-13(6-7-15(16)26-3)19(23)27-11-17-20-18(21-28-17)14-8-9-29-12-14/h6-10,12H,4-5,11H2,1-3H3. The molecule has 1 aromatic carbocycles. The van der Waals surface area contributed by atoms with E-state index in [0.717, 1.165) is 5.56 Å². The lowest BCUT2D eigenvalue weighted by atomic mass is 10.2. The van der Waals surface area contributed by atoms with Crippen molar-refractivity contribution in [2.75, 3.05) is 20.2 Å². The van der Waals surface area contributed by atoms with E-state index in [1.807, 2.05) is 16.8 Å². The van der Waals surface area contributed by atoms with Crippen molar-refractivity contribution < 1.29 is 27.2 Å². The summed E-state index contributed by atoms with van der Waals surface area (Å²) in [6, 6.07) is 5.96. The molecule has 0 aliphatic rings. The Labute approximate surface area is 178 Å². The second-order valence-corrected chi connectivity index (χ2v) is 8.74. The highest BCUT2D eigenvalue weighted by atomic mass is 32.2. The number of carbonyl (C=O) groups excluding carboxylic acids is 1. The van der Waals surface area contributed by atoms with Crippen molar-refractivity contribution in [3.05, 3.63) is 46.5 Å². The van der Waals surface area contributed by atoms with E-state index in [4.69, 9.17) is 14.0 Å². The van der Waals surface area contributed by atoms with Crippen molar-refractivity contribution in [2.45, 2.75) is 25.3 Å². The van der Waals surface area contributed by atoms with Gasteiger partial charge in [0.15, 0.2) is 6.61 Å². The third-order valence-electron chi connectivity index (χ3n) is 4.30. The molecule has 0 aliphatic carbocycles. The third kappa shape index (κ3) is 4.53. The molecule has 0 atom stereocenters. The summed E-state index contributed by atoms with van der Waals surface area (Å²) in [6.45, 7) is 3.82. The highest BCUT2D eigenvalue weighted by Crippen LogP contribution is 2.28. The van der Waals surface area contributed by atoms with E-state index >= 15 is 0 Å². The molecule has 0 saturated heterocycles. The molecule has 30 heavy (non-hydrogen) atoms. The van der Waals surface area contributed by atoms with Crippen molar-refractivity contribution in [1.82, 2.24) is 14.4 Å². The molecule has 0 aliphatic heterocycles. The second-order valence-electron chi connectivity index (χ2n) is 6.05. The molecule has 2 heterocycles. The summed E-state index contributed by atoms with van der Waals surface area (Å²) in [5, 5.41) is 7.60. The first-order valence-corrected chi connectivity index (χ1v) is 11.5. The van der Waals surface area contributed by atoms with Crippen LogP contribution < -0.4 is 4.74 Å². The third-order valence-corrected chi connectivity index (χ3v) is 7.05. The Hall–Kier alpha value is -2.76. The highest BCUT2D eigenvalue weighted by molar-refractivity contribution is 7.89. The molecule has 11 heteroatoms. The highest BCUT2D eigenvalue weighted by Gasteiger charge is 2.27. The quantitative estimate of drug-likeness (QED) is 0.456. The van der Waals surface area contributed by atoms with E-state index in [1.165, 1.54) is 41.0 Å².